The van der Waals surface area contributed by atoms with Crippen LogP contribution in [0.5, 0.6) is 5.75 Å². The molecule has 1 N–H and O–H groups in total. The van der Waals surface area contributed by atoms with Crippen molar-refractivity contribution in [1.29, 1.82) is 0 Å². The van der Waals surface area contributed by atoms with Crippen molar-refractivity contribution >= 4 is 23.6 Å². The molecule has 3 aromatic carbocycles. The number of likely N-dealkylation sites (tertiary alicyclic amines) is 1. The summed E-state index contributed by atoms with van der Waals surface area (Å²) in [6, 6.07) is 20.7. The zero-order chi connectivity index (χ0) is 26.3. The molecule has 1 saturated heterocycles. The van der Waals surface area contributed by atoms with Crippen LogP contribution in [0.25, 0.3) is 6.08 Å². The Bertz CT molecular complexity index is 1310. The molecule has 7 heteroatoms. The third-order valence-electron chi connectivity index (χ3n) is 7.00. The smallest absolute Gasteiger partial charge is 0.294 e. The number of hydrogen-bond donors (Lipinski definition) is 1. The van der Waals surface area contributed by atoms with Gasteiger partial charge in [-0.2, -0.15) is 0 Å². The summed E-state index contributed by atoms with van der Waals surface area (Å²) >= 11 is 0. The molecule has 0 spiro atoms. The van der Waals surface area contributed by atoms with Crippen LogP contribution < -0.4 is 15.0 Å². The van der Waals surface area contributed by atoms with E-state index < -0.39 is 0 Å². The topological polar surface area (TPSA) is 61.9 Å². The number of para-hydroxylation sites is 2. The minimum Gasteiger partial charge on any atom is -0.449 e. The monoisotopic (exact) mass is 513 g/mol. The molecule has 2 amide bonds. The Morgan fingerprint density at radius 3 is 2.39 bits per heavy atom. The molecule has 2 aliphatic heterocycles. The lowest BCUT2D eigenvalue weighted by Crippen LogP contribution is -2.37. The van der Waals surface area contributed by atoms with Crippen LogP contribution in [0.15, 0.2) is 78.6 Å². The van der Waals surface area contributed by atoms with Gasteiger partial charge in [-0.3, -0.25) is 14.5 Å². The number of anilines is 1. The number of hydrogen-bond acceptors (Lipinski definition) is 4. The van der Waals surface area contributed by atoms with E-state index in [9.17, 15) is 14.0 Å². The second-order valence-corrected chi connectivity index (χ2v) is 9.69. The van der Waals surface area contributed by atoms with Gasteiger partial charge in [-0.05, 0) is 67.9 Å². The van der Waals surface area contributed by atoms with E-state index in [0.29, 0.717) is 29.1 Å². The van der Waals surface area contributed by atoms with Crippen LogP contribution in [-0.4, -0.2) is 42.9 Å². The van der Waals surface area contributed by atoms with E-state index >= 15 is 0 Å². The molecule has 5 rings (SSSR count). The quantitative estimate of drug-likeness (QED) is 0.430. The second-order valence-electron chi connectivity index (χ2n) is 9.69. The lowest BCUT2D eigenvalue weighted by Gasteiger charge is -2.30. The summed E-state index contributed by atoms with van der Waals surface area (Å²) < 4.78 is 20.3. The number of amides is 2. The molecule has 196 valence electrons. The first kappa shape index (κ1) is 25.7. The molecule has 0 unspecified atom stereocenters. The van der Waals surface area contributed by atoms with Crippen molar-refractivity contribution in [2.45, 2.75) is 32.2 Å². The number of benzene rings is 3. The minimum atomic E-state index is -0.366. The van der Waals surface area contributed by atoms with Gasteiger partial charge in [0.25, 0.3) is 11.8 Å². The maximum atomic E-state index is 14.4. The van der Waals surface area contributed by atoms with Crippen LogP contribution in [0.3, 0.4) is 0 Å². The number of fused-ring (bicyclic) bond motifs is 1. The fourth-order valence-corrected chi connectivity index (χ4v) is 4.89. The molecule has 0 saturated carbocycles. The van der Waals surface area contributed by atoms with Crippen LogP contribution in [0.4, 0.5) is 10.1 Å². The van der Waals surface area contributed by atoms with Gasteiger partial charge in [0.1, 0.15) is 5.82 Å². The number of nitrogens with zero attached hydrogens (tertiary/aromatic N) is 2. The molecule has 0 radical (unpaired) electrons. The van der Waals surface area contributed by atoms with Gasteiger partial charge < -0.3 is 15.0 Å². The van der Waals surface area contributed by atoms with Crippen molar-refractivity contribution in [3.63, 3.8) is 0 Å². The van der Waals surface area contributed by atoms with E-state index in [0.717, 1.165) is 25.2 Å². The van der Waals surface area contributed by atoms with Gasteiger partial charge in [-0.25, -0.2) is 4.39 Å². The molecule has 3 aromatic rings. The summed E-state index contributed by atoms with van der Waals surface area (Å²) in [6.07, 6.45) is 6.68. The Morgan fingerprint density at radius 2 is 1.63 bits per heavy atom. The third kappa shape index (κ3) is 6.11. The zero-order valence-electron chi connectivity index (χ0n) is 21.4. The highest BCUT2D eigenvalue weighted by atomic mass is 19.1. The predicted molar refractivity (Wildman–Crippen MR) is 146 cm³/mol. The number of carbonyl (C=O) groups excluding carboxylic acids is 2. The summed E-state index contributed by atoms with van der Waals surface area (Å²) in [6.45, 7) is 3.76. The van der Waals surface area contributed by atoms with Crippen LogP contribution >= 0.6 is 0 Å². The minimum absolute atomic E-state index is 0.0831. The molecule has 0 bridgehead atoms. The molecular formula is C31H32FN3O3. The Hall–Kier alpha value is -3.97. The van der Waals surface area contributed by atoms with Gasteiger partial charge in [0.15, 0.2) is 11.5 Å². The summed E-state index contributed by atoms with van der Waals surface area (Å²) in [5, 5.41) is 3.01. The summed E-state index contributed by atoms with van der Waals surface area (Å²) in [5.74, 6) is -0.184. The first-order chi connectivity index (χ1) is 18.6. The van der Waals surface area contributed by atoms with Gasteiger partial charge >= 0.3 is 0 Å². The van der Waals surface area contributed by atoms with Crippen LogP contribution in [0.2, 0.25) is 0 Å². The lowest BCUT2D eigenvalue weighted by atomic mass is 10.1. The van der Waals surface area contributed by atoms with Gasteiger partial charge in [0.05, 0.1) is 12.2 Å². The van der Waals surface area contributed by atoms with Gasteiger partial charge in [0.2, 0.25) is 0 Å². The van der Waals surface area contributed by atoms with Crippen LogP contribution in [-0.2, 0) is 11.3 Å². The predicted octanol–water partition coefficient (Wildman–Crippen LogP) is 5.40. The van der Waals surface area contributed by atoms with E-state index in [4.69, 9.17) is 4.74 Å². The Morgan fingerprint density at radius 1 is 0.921 bits per heavy atom. The highest BCUT2D eigenvalue weighted by molar-refractivity contribution is 6.09. The van der Waals surface area contributed by atoms with Gasteiger partial charge in [-0.1, -0.05) is 55.3 Å². The highest BCUT2D eigenvalue weighted by Crippen LogP contribution is 2.36. The van der Waals surface area contributed by atoms with Crippen molar-refractivity contribution < 1.29 is 18.7 Å². The molecule has 38 heavy (non-hydrogen) atoms. The Kier molecular flexibility index (Phi) is 8.14. The van der Waals surface area contributed by atoms with E-state index in [1.807, 2.05) is 12.1 Å². The SMILES string of the molecule is O=C(NCCN1CCCCCC1)c1ccc(C=C2Oc3ccccc3N(Cc3ccccc3F)C2=O)cc1. The Labute approximate surface area is 222 Å². The van der Waals surface area contributed by atoms with E-state index in [-0.39, 0.29) is 29.9 Å². The summed E-state index contributed by atoms with van der Waals surface area (Å²) in [7, 11) is 0. The first-order valence-electron chi connectivity index (χ1n) is 13.2. The molecule has 2 aliphatic rings. The average molecular weight is 514 g/mol. The number of ether oxygens (including phenoxy) is 1. The van der Waals surface area contributed by atoms with Crippen LogP contribution in [0.1, 0.15) is 47.2 Å². The van der Waals surface area contributed by atoms with Crippen molar-refractivity contribution in [3.05, 3.63) is 101 Å². The summed E-state index contributed by atoms with van der Waals surface area (Å²) in [5.41, 5.74) is 2.29. The number of rotatable bonds is 7. The maximum absolute atomic E-state index is 14.4. The number of nitrogens with one attached hydrogen (secondary N) is 1. The molecule has 1 fully saturated rings. The third-order valence-corrected chi connectivity index (χ3v) is 7.00. The van der Waals surface area contributed by atoms with Gasteiger partial charge in [-0.15, -0.1) is 0 Å². The largest absolute Gasteiger partial charge is 0.449 e. The van der Waals surface area contributed by atoms with Crippen molar-refractivity contribution in [3.8, 4) is 5.75 Å². The summed E-state index contributed by atoms with van der Waals surface area (Å²) in [4.78, 5) is 30.0. The fourth-order valence-electron chi connectivity index (χ4n) is 4.89. The molecular weight excluding hydrogens is 481 g/mol. The fraction of sp³-hybridized carbons (Fsp3) is 0.290. The van der Waals surface area contributed by atoms with E-state index in [1.165, 1.54) is 36.6 Å². The number of carbonyl (C=O) groups is 2. The standard InChI is InChI=1S/C31H32FN3O3/c32-26-10-4-3-9-25(26)22-35-27-11-5-6-12-28(27)38-29(31(35)37)21-23-13-15-24(16-14-23)30(36)33-17-20-34-18-7-1-2-8-19-34/h3-6,9-16,21H,1-2,7-8,17-20,22H2,(H,33,36). The molecule has 2 heterocycles. The average Bonchev–Trinajstić information content (AvgIpc) is 3.21. The maximum Gasteiger partial charge on any atom is 0.294 e. The normalized spacial score (nSPS) is 17.0. The van der Waals surface area contributed by atoms with E-state index in [2.05, 4.69) is 10.2 Å². The highest BCUT2D eigenvalue weighted by Gasteiger charge is 2.30. The molecule has 0 aromatic heterocycles. The van der Waals surface area contributed by atoms with E-state index in [1.54, 1.807) is 60.7 Å². The Balaban J connectivity index is 1.27. The van der Waals surface area contributed by atoms with Crippen molar-refractivity contribution in [2.75, 3.05) is 31.1 Å². The second kappa shape index (κ2) is 12.0. The van der Waals surface area contributed by atoms with Gasteiger partial charge in [0, 0.05) is 24.2 Å². The van der Waals surface area contributed by atoms with Crippen molar-refractivity contribution in [2.24, 2.45) is 0 Å². The molecule has 6 nitrogen and oxygen atoms in total. The number of halogens is 1. The first-order valence-corrected chi connectivity index (χ1v) is 13.2. The van der Waals surface area contributed by atoms with Crippen LogP contribution in [0, 0.1) is 5.82 Å². The molecule has 0 atom stereocenters. The lowest BCUT2D eigenvalue weighted by molar-refractivity contribution is -0.117. The van der Waals surface area contributed by atoms with Crippen molar-refractivity contribution in [1.82, 2.24) is 10.2 Å². The molecule has 0 aliphatic carbocycles. The zero-order valence-corrected chi connectivity index (χ0v) is 21.4.